The Hall–Kier alpha value is -2.13. The Labute approximate surface area is 119 Å². The van der Waals surface area contributed by atoms with Crippen molar-refractivity contribution in [2.45, 2.75) is 13.0 Å². The summed E-state index contributed by atoms with van der Waals surface area (Å²) in [5.41, 5.74) is 3.46. The predicted molar refractivity (Wildman–Crippen MR) is 81.0 cm³/mol. The standard InChI is InChI=1S/C17H18O3/c1-4-13-6-7-15(14(5-2)9-13)8-12(3)17(18)20-11-16-10-19-16/h4-9,16H,1-2,10-11H2,3H3/b12-8+. The van der Waals surface area contributed by atoms with Crippen molar-refractivity contribution in [3.05, 3.63) is 53.6 Å². The second-order valence-corrected chi connectivity index (χ2v) is 4.68. The van der Waals surface area contributed by atoms with Crippen LogP contribution in [-0.2, 0) is 14.3 Å². The largest absolute Gasteiger partial charge is 0.459 e. The van der Waals surface area contributed by atoms with E-state index in [-0.39, 0.29) is 12.1 Å². The lowest BCUT2D eigenvalue weighted by Crippen LogP contribution is -2.10. The molecular weight excluding hydrogens is 252 g/mol. The highest BCUT2D eigenvalue weighted by Gasteiger charge is 2.24. The van der Waals surface area contributed by atoms with Gasteiger partial charge in [-0.3, -0.25) is 0 Å². The molecular formula is C17H18O3. The number of esters is 1. The van der Waals surface area contributed by atoms with Gasteiger partial charge in [-0.2, -0.15) is 0 Å². The topological polar surface area (TPSA) is 38.8 Å². The van der Waals surface area contributed by atoms with Crippen LogP contribution in [0.15, 0.2) is 36.9 Å². The summed E-state index contributed by atoms with van der Waals surface area (Å²) < 4.78 is 10.1. The SMILES string of the molecule is C=Cc1ccc(/C=C(\C)C(=O)OCC2CO2)c(C=C)c1. The van der Waals surface area contributed by atoms with Crippen LogP contribution in [0.5, 0.6) is 0 Å². The molecule has 0 aliphatic carbocycles. The fourth-order valence-corrected chi connectivity index (χ4v) is 1.77. The molecule has 0 spiro atoms. The van der Waals surface area contributed by atoms with Gasteiger partial charge in [0.15, 0.2) is 0 Å². The van der Waals surface area contributed by atoms with Crippen LogP contribution in [0.3, 0.4) is 0 Å². The van der Waals surface area contributed by atoms with Gasteiger partial charge in [0.25, 0.3) is 0 Å². The Morgan fingerprint density at radius 1 is 1.40 bits per heavy atom. The zero-order valence-corrected chi connectivity index (χ0v) is 11.6. The molecule has 3 nitrogen and oxygen atoms in total. The summed E-state index contributed by atoms with van der Waals surface area (Å²) in [5, 5.41) is 0. The molecule has 0 amide bonds. The highest BCUT2D eigenvalue weighted by Crippen LogP contribution is 2.18. The fourth-order valence-electron chi connectivity index (χ4n) is 1.77. The van der Waals surface area contributed by atoms with Crippen LogP contribution in [0.2, 0.25) is 0 Å². The lowest BCUT2D eigenvalue weighted by Gasteiger charge is -2.06. The van der Waals surface area contributed by atoms with E-state index in [2.05, 4.69) is 13.2 Å². The quantitative estimate of drug-likeness (QED) is 0.452. The summed E-state index contributed by atoms with van der Waals surface area (Å²) in [5.74, 6) is -0.316. The van der Waals surface area contributed by atoms with Gasteiger partial charge in [0.2, 0.25) is 0 Å². The van der Waals surface area contributed by atoms with Gasteiger partial charge in [-0.15, -0.1) is 0 Å². The van der Waals surface area contributed by atoms with E-state index in [0.29, 0.717) is 18.8 Å². The highest BCUT2D eigenvalue weighted by molar-refractivity contribution is 5.93. The van der Waals surface area contributed by atoms with Gasteiger partial charge >= 0.3 is 5.97 Å². The molecule has 1 heterocycles. The maximum Gasteiger partial charge on any atom is 0.333 e. The molecule has 0 radical (unpaired) electrons. The number of ether oxygens (including phenoxy) is 2. The lowest BCUT2D eigenvalue weighted by molar-refractivity contribution is -0.139. The van der Waals surface area contributed by atoms with E-state index in [9.17, 15) is 4.79 Å². The van der Waals surface area contributed by atoms with E-state index in [0.717, 1.165) is 16.7 Å². The highest BCUT2D eigenvalue weighted by atomic mass is 16.6. The Morgan fingerprint density at radius 3 is 2.75 bits per heavy atom. The molecule has 1 aromatic rings. The average molecular weight is 270 g/mol. The molecule has 104 valence electrons. The second-order valence-electron chi connectivity index (χ2n) is 4.68. The monoisotopic (exact) mass is 270 g/mol. The molecule has 1 aliphatic rings. The molecule has 0 bridgehead atoms. The zero-order valence-electron chi connectivity index (χ0n) is 11.6. The van der Waals surface area contributed by atoms with E-state index >= 15 is 0 Å². The minimum Gasteiger partial charge on any atom is -0.459 e. The van der Waals surface area contributed by atoms with E-state index in [1.165, 1.54) is 0 Å². The van der Waals surface area contributed by atoms with Crippen molar-refractivity contribution in [2.75, 3.05) is 13.2 Å². The van der Waals surface area contributed by atoms with Crippen LogP contribution < -0.4 is 0 Å². The van der Waals surface area contributed by atoms with E-state index < -0.39 is 0 Å². The number of carbonyl (C=O) groups is 1. The molecule has 1 aromatic carbocycles. The van der Waals surface area contributed by atoms with Crippen LogP contribution in [0.25, 0.3) is 18.2 Å². The summed E-state index contributed by atoms with van der Waals surface area (Å²) in [6.07, 6.45) is 5.43. The van der Waals surface area contributed by atoms with Crippen LogP contribution in [0.4, 0.5) is 0 Å². The molecule has 1 aliphatic heterocycles. The van der Waals surface area contributed by atoms with Crippen LogP contribution >= 0.6 is 0 Å². The lowest BCUT2D eigenvalue weighted by atomic mass is 10.0. The maximum absolute atomic E-state index is 11.8. The molecule has 0 saturated carbocycles. The summed E-state index contributed by atoms with van der Waals surface area (Å²) in [6.45, 7) is 10.3. The van der Waals surface area contributed by atoms with Crippen molar-refractivity contribution in [2.24, 2.45) is 0 Å². The van der Waals surface area contributed by atoms with Gasteiger partial charge in [-0.05, 0) is 35.8 Å². The smallest absolute Gasteiger partial charge is 0.333 e. The molecule has 1 atom stereocenters. The van der Waals surface area contributed by atoms with Gasteiger partial charge in [0.1, 0.15) is 12.7 Å². The van der Waals surface area contributed by atoms with Crippen LogP contribution in [0, 0.1) is 0 Å². The first-order chi connectivity index (χ1) is 9.63. The number of hydrogen-bond donors (Lipinski definition) is 0. The minimum atomic E-state index is -0.316. The van der Waals surface area contributed by atoms with Crippen molar-refractivity contribution < 1.29 is 14.3 Å². The van der Waals surface area contributed by atoms with Crippen molar-refractivity contribution >= 4 is 24.2 Å². The minimum absolute atomic E-state index is 0.0855. The third kappa shape index (κ3) is 3.68. The zero-order chi connectivity index (χ0) is 14.5. The Bertz CT molecular complexity index is 566. The van der Waals surface area contributed by atoms with E-state index in [4.69, 9.17) is 9.47 Å². The van der Waals surface area contributed by atoms with Gasteiger partial charge in [-0.25, -0.2) is 4.79 Å². The van der Waals surface area contributed by atoms with Gasteiger partial charge < -0.3 is 9.47 Å². The number of rotatable bonds is 6. The maximum atomic E-state index is 11.8. The summed E-state index contributed by atoms with van der Waals surface area (Å²) >= 11 is 0. The number of epoxide rings is 1. The number of benzene rings is 1. The molecule has 3 heteroatoms. The summed E-state index contributed by atoms with van der Waals surface area (Å²) in [7, 11) is 0. The molecule has 1 saturated heterocycles. The van der Waals surface area contributed by atoms with Gasteiger partial charge in [0.05, 0.1) is 6.61 Å². The molecule has 0 N–H and O–H groups in total. The van der Waals surface area contributed by atoms with Crippen LogP contribution in [-0.4, -0.2) is 25.3 Å². The first-order valence-corrected chi connectivity index (χ1v) is 6.50. The van der Waals surface area contributed by atoms with E-state index in [1.54, 1.807) is 25.2 Å². The number of hydrogen-bond acceptors (Lipinski definition) is 3. The van der Waals surface area contributed by atoms with Gasteiger partial charge in [0, 0.05) is 5.57 Å². The number of carbonyl (C=O) groups excluding carboxylic acids is 1. The Morgan fingerprint density at radius 2 is 2.15 bits per heavy atom. The third-order valence-corrected chi connectivity index (χ3v) is 3.06. The Kier molecular flexibility index (Phi) is 4.53. The average Bonchev–Trinajstić information content (AvgIpc) is 3.29. The molecule has 20 heavy (non-hydrogen) atoms. The first kappa shape index (κ1) is 14.3. The second kappa shape index (κ2) is 6.35. The predicted octanol–water partition coefficient (Wildman–Crippen LogP) is 3.32. The normalized spacial score (nSPS) is 17.4. The molecule has 0 aromatic heterocycles. The van der Waals surface area contributed by atoms with Gasteiger partial charge in [-0.1, -0.05) is 37.4 Å². The molecule has 2 rings (SSSR count). The molecule has 1 unspecified atom stereocenters. The van der Waals surface area contributed by atoms with E-state index in [1.807, 2.05) is 18.2 Å². The van der Waals surface area contributed by atoms with Crippen molar-refractivity contribution in [3.63, 3.8) is 0 Å². The summed E-state index contributed by atoms with van der Waals surface area (Å²) in [4.78, 5) is 11.8. The van der Waals surface area contributed by atoms with Crippen molar-refractivity contribution in [3.8, 4) is 0 Å². The summed E-state index contributed by atoms with van der Waals surface area (Å²) in [6, 6.07) is 5.86. The van der Waals surface area contributed by atoms with Crippen LogP contribution in [0.1, 0.15) is 23.6 Å². The molecule has 1 fully saturated rings. The van der Waals surface area contributed by atoms with Crippen molar-refractivity contribution in [1.82, 2.24) is 0 Å². The third-order valence-electron chi connectivity index (χ3n) is 3.06. The first-order valence-electron chi connectivity index (χ1n) is 6.50. The Balaban J connectivity index is 2.12. The van der Waals surface area contributed by atoms with Crippen molar-refractivity contribution in [1.29, 1.82) is 0 Å². The fraction of sp³-hybridized carbons (Fsp3) is 0.235.